The van der Waals surface area contributed by atoms with Gasteiger partial charge in [-0.2, -0.15) is 0 Å². The van der Waals surface area contributed by atoms with Gasteiger partial charge in [0.15, 0.2) is 0 Å². The average Bonchev–Trinajstić information content (AvgIpc) is 3.05. The molecule has 4 rings (SSSR count). The minimum Gasteiger partial charge on any atom is -0.355 e. The molecule has 4 nitrogen and oxygen atoms in total. The van der Waals surface area contributed by atoms with Crippen LogP contribution in [0.1, 0.15) is 50.1 Å². The standard InChI is InChI=1S/C21H26N4/c1-3-21(2)9-11-25(12-10-21)19-15-23-20-17(22-14-18(20)24-19)13-16-7-5-4-6-8-16/h4-8,15H,3,9-14H2,1-2H3. The highest BCUT2D eigenvalue weighted by Gasteiger charge is 2.29. The van der Waals surface area contributed by atoms with E-state index in [1.54, 1.807) is 0 Å². The fraction of sp³-hybridized carbons (Fsp3) is 0.476. The first-order valence-corrected chi connectivity index (χ1v) is 9.35. The van der Waals surface area contributed by atoms with Gasteiger partial charge in [0, 0.05) is 19.5 Å². The zero-order valence-corrected chi connectivity index (χ0v) is 15.2. The van der Waals surface area contributed by atoms with Crippen LogP contribution < -0.4 is 4.90 Å². The zero-order chi connectivity index (χ0) is 17.3. The number of benzene rings is 1. The number of anilines is 1. The van der Waals surface area contributed by atoms with Gasteiger partial charge in [0.1, 0.15) is 11.5 Å². The van der Waals surface area contributed by atoms with Crippen molar-refractivity contribution in [1.82, 2.24) is 9.97 Å². The Morgan fingerprint density at radius 3 is 2.60 bits per heavy atom. The van der Waals surface area contributed by atoms with Crippen molar-refractivity contribution in [2.24, 2.45) is 10.4 Å². The van der Waals surface area contributed by atoms with Gasteiger partial charge in [-0.25, -0.2) is 9.97 Å². The number of fused-ring (bicyclic) bond motifs is 1. The van der Waals surface area contributed by atoms with Gasteiger partial charge >= 0.3 is 0 Å². The first-order chi connectivity index (χ1) is 12.2. The first-order valence-electron chi connectivity index (χ1n) is 9.35. The van der Waals surface area contributed by atoms with Crippen molar-refractivity contribution in [3.05, 3.63) is 53.5 Å². The van der Waals surface area contributed by atoms with Crippen LogP contribution in [0.5, 0.6) is 0 Å². The van der Waals surface area contributed by atoms with Crippen LogP contribution in [-0.4, -0.2) is 28.8 Å². The van der Waals surface area contributed by atoms with E-state index < -0.39 is 0 Å². The Bertz CT molecular complexity index is 774. The second-order valence-electron chi connectivity index (χ2n) is 7.60. The predicted molar refractivity (Wildman–Crippen MR) is 102 cm³/mol. The van der Waals surface area contributed by atoms with Crippen molar-refractivity contribution in [2.75, 3.05) is 18.0 Å². The van der Waals surface area contributed by atoms with E-state index in [-0.39, 0.29) is 0 Å². The lowest BCUT2D eigenvalue weighted by molar-refractivity contribution is 0.237. The molecule has 25 heavy (non-hydrogen) atoms. The highest BCUT2D eigenvalue weighted by atomic mass is 15.2. The SMILES string of the molecule is CCC1(C)CCN(c2cnc3c(n2)CN=C3Cc2ccccc2)CC1. The Labute approximate surface area is 150 Å². The summed E-state index contributed by atoms with van der Waals surface area (Å²) in [5, 5.41) is 0. The number of hydrogen-bond acceptors (Lipinski definition) is 4. The highest BCUT2D eigenvalue weighted by molar-refractivity contribution is 6.02. The third-order valence-corrected chi connectivity index (χ3v) is 5.89. The number of nitrogens with zero attached hydrogens (tertiary/aromatic N) is 4. The van der Waals surface area contributed by atoms with Gasteiger partial charge in [0.05, 0.1) is 24.1 Å². The lowest BCUT2D eigenvalue weighted by Gasteiger charge is -2.39. The highest BCUT2D eigenvalue weighted by Crippen LogP contribution is 2.35. The summed E-state index contributed by atoms with van der Waals surface area (Å²) in [7, 11) is 0. The molecule has 1 aromatic heterocycles. The Morgan fingerprint density at radius 1 is 1.12 bits per heavy atom. The lowest BCUT2D eigenvalue weighted by Crippen LogP contribution is -2.39. The molecule has 4 heteroatoms. The smallest absolute Gasteiger partial charge is 0.147 e. The van der Waals surface area contributed by atoms with E-state index in [1.807, 2.05) is 12.3 Å². The number of aromatic nitrogens is 2. The van der Waals surface area contributed by atoms with Gasteiger partial charge in [0.2, 0.25) is 0 Å². The Kier molecular flexibility index (Phi) is 4.28. The second kappa shape index (κ2) is 6.58. The number of aliphatic imine (C=N–C) groups is 1. The van der Waals surface area contributed by atoms with Crippen molar-refractivity contribution in [2.45, 2.75) is 46.1 Å². The van der Waals surface area contributed by atoms with E-state index in [0.717, 1.165) is 42.4 Å². The average molecular weight is 334 g/mol. The van der Waals surface area contributed by atoms with E-state index in [9.17, 15) is 0 Å². The maximum Gasteiger partial charge on any atom is 0.147 e. The summed E-state index contributed by atoms with van der Waals surface area (Å²) < 4.78 is 0. The van der Waals surface area contributed by atoms with E-state index in [4.69, 9.17) is 15.0 Å². The molecule has 2 aromatic rings. The summed E-state index contributed by atoms with van der Waals surface area (Å²) in [6, 6.07) is 10.5. The molecule has 2 aliphatic heterocycles. The first kappa shape index (κ1) is 16.2. The molecule has 0 unspecified atom stereocenters. The molecule has 130 valence electrons. The topological polar surface area (TPSA) is 41.4 Å². The van der Waals surface area contributed by atoms with E-state index >= 15 is 0 Å². The fourth-order valence-corrected chi connectivity index (χ4v) is 3.72. The number of rotatable bonds is 4. The van der Waals surface area contributed by atoms with E-state index in [1.165, 1.54) is 24.8 Å². The molecule has 1 saturated heterocycles. The number of piperidine rings is 1. The summed E-state index contributed by atoms with van der Waals surface area (Å²) in [5.41, 5.74) is 4.86. The fourth-order valence-electron chi connectivity index (χ4n) is 3.72. The Hall–Kier alpha value is -2.23. The minimum absolute atomic E-state index is 0.493. The van der Waals surface area contributed by atoms with Crippen LogP contribution in [0.2, 0.25) is 0 Å². The van der Waals surface area contributed by atoms with Crippen LogP contribution in [0.4, 0.5) is 5.82 Å². The molecule has 0 spiro atoms. The zero-order valence-electron chi connectivity index (χ0n) is 15.2. The summed E-state index contributed by atoms with van der Waals surface area (Å²) >= 11 is 0. The van der Waals surface area contributed by atoms with Gasteiger partial charge in [0.25, 0.3) is 0 Å². The maximum absolute atomic E-state index is 4.89. The van der Waals surface area contributed by atoms with Crippen LogP contribution in [0, 0.1) is 5.41 Å². The van der Waals surface area contributed by atoms with Gasteiger partial charge in [-0.3, -0.25) is 4.99 Å². The van der Waals surface area contributed by atoms with Crippen LogP contribution >= 0.6 is 0 Å². The van der Waals surface area contributed by atoms with Crippen molar-refractivity contribution < 1.29 is 0 Å². The van der Waals surface area contributed by atoms with Crippen LogP contribution in [0.25, 0.3) is 0 Å². The maximum atomic E-state index is 4.89. The summed E-state index contributed by atoms with van der Waals surface area (Å²) in [5.74, 6) is 1.02. The molecule has 2 aliphatic rings. The summed E-state index contributed by atoms with van der Waals surface area (Å²) in [4.78, 5) is 16.7. The molecule has 1 fully saturated rings. The van der Waals surface area contributed by atoms with Gasteiger partial charge in [-0.05, 0) is 23.8 Å². The number of hydrogen-bond donors (Lipinski definition) is 0. The minimum atomic E-state index is 0.493. The molecule has 0 N–H and O–H groups in total. The molecule has 0 aliphatic carbocycles. The molecular weight excluding hydrogens is 308 g/mol. The second-order valence-corrected chi connectivity index (χ2v) is 7.60. The molecule has 0 radical (unpaired) electrons. The van der Waals surface area contributed by atoms with Gasteiger partial charge in [-0.15, -0.1) is 0 Å². The molecule has 0 amide bonds. The van der Waals surface area contributed by atoms with Crippen molar-refractivity contribution in [1.29, 1.82) is 0 Å². The van der Waals surface area contributed by atoms with Crippen LogP contribution in [0.15, 0.2) is 41.5 Å². The van der Waals surface area contributed by atoms with Crippen molar-refractivity contribution in [3.8, 4) is 0 Å². The Morgan fingerprint density at radius 2 is 1.88 bits per heavy atom. The van der Waals surface area contributed by atoms with Crippen LogP contribution in [-0.2, 0) is 13.0 Å². The molecule has 0 saturated carbocycles. The Balaban J connectivity index is 1.48. The van der Waals surface area contributed by atoms with Gasteiger partial charge < -0.3 is 4.90 Å². The van der Waals surface area contributed by atoms with Crippen LogP contribution in [0.3, 0.4) is 0 Å². The van der Waals surface area contributed by atoms with Crippen molar-refractivity contribution in [3.63, 3.8) is 0 Å². The van der Waals surface area contributed by atoms with E-state index in [0.29, 0.717) is 12.0 Å². The molecule has 0 atom stereocenters. The van der Waals surface area contributed by atoms with Gasteiger partial charge in [-0.1, -0.05) is 50.6 Å². The molecule has 3 heterocycles. The molecule has 1 aromatic carbocycles. The summed E-state index contributed by atoms with van der Waals surface area (Å²) in [6.07, 6.45) is 6.50. The monoisotopic (exact) mass is 334 g/mol. The predicted octanol–water partition coefficient (Wildman–Crippen LogP) is 4.04. The summed E-state index contributed by atoms with van der Waals surface area (Å²) in [6.45, 7) is 7.53. The third-order valence-electron chi connectivity index (χ3n) is 5.89. The van der Waals surface area contributed by atoms with E-state index in [2.05, 4.69) is 43.0 Å². The quantitative estimate of drug-likeness (QED) is 0.847. The lowest BCUT2D eigenvalue weighted by atomic mass is 9.78. The molecular formula is C21H26N4. The van der Waals surface area contributed by atoms with Crippen molar-refractivity contribution >= 4 is 11.5 Å². The molecule has 0 bridgehead atoms. The third kappa shape index (κ3) is 3.30. The normalized spacial score (nSPS) is 18.8. The largest absolute Gasteiger partial charge is 0.355 e.